The largest absolute Gasteiger partial charge is 0.390 e. The molecule has 3 fully saturated rings. The summed E-state index contributed by atoms with van der Waals surface area (Å²) in [5.74, 6) is 2.91. The van der Waals surface area contributed by atoms with E-state index in [0.717, 1.165) is 63.2 Å². The van der Waals surface area contributed by atoms with Gasteiger partial charge in [-0.15, -0.1) is 0 Å². The monoisotopic (exact) mass is 557 g/mol. The number of rotatable bonds is 10. The van der Waals surface area contributed by atoms with Gasteiger partial charge in [0.2, 0.25) is 0 Å². The Labute approximate surface area is 245 Å². The third-order valence-corrected chi connectivity index (χ3v) is 10.1. The molecule has 7 nitrogen and oxygen atoms in total. The van der Waals surface area contributed by atoms with E-state index < -0.39 is 5.60 Å². The van der Waals surface area contributed by atoms with Crippen molar-refractivity contribution in [2.24, 2.45) is 18.9 Å². The Morgan fingerprint density at radius 3 is 2.39 bits per heavy atom. The maximum Gasteiger partial charge on any atom is 0.338 e. The SMILES string of the molecule is C[n+]1nc(-c2ccc(CCCC3(O)CCN(C[C@H]4CN(CC5CCCCC5)C[C@@H]4c4ccccc4)CC3)cc2)n[nH]1. The quantitative estimate of drug-likeness (QED) is 0.352. The molecule has 0 amide bonds. The minimum atomic E-state index is -0.522. The first-order valence-corrected chi connectivity index (χ1v) is 16.1. The summed E-state index contributed by atoms with van der Waals surface area (Å²) in [6.07, 6.45) is 11.8. The lowest BCUT2D eigenvalue weighted by Gasteiger charge is -2.40. The molecular formula is C34H49N6O+. The van der Waals surface area contributed by atoms with Crippen LogP contribution in [0, 0.1) is 11.8 Å². The van der Waals surface area contributed by atoms with Crippen LogP contribution in [0.15, 0.2) is 54.6 Å². The van der Waals surface area contributed by atoms with Crippen LogP contribution in [-0.2, 0) is 13.5 Å². The van der Waals surface area contributed by atoms with E-state index in [4.69, 9.17) is 0 Å². The molecule has 0 unspecified atom stereocenters. The zero-order valence-electron chi connectivity index (χ0n) is 24.9. The maximum atomic E-state index is 11.4. The molecule has 0 radical (unpaired) electrons. The second kappa shape index (κ2) is 13.1. The molecule has 2 saturated heterocycles. The second-order valence-corrected chi connectivity index (χ2v) is 13.2. The highest BCUT2D eigenvalue weighted by Crippen LogP contribution is 2.36. The zero-order valence-corrected chi connectivity index (χ0v) is 24.9. The van der Waals surface area contributed by atoms with E-state index in [1.165, 1.54) is 62.9 Å². The van der Waals surface area contributed by atoms with Crippen molar-refractivity contribution in [2.75, 3.05) is 39.3 Å². The number of aromatic nitrogens is 4. The molecule has 1 saturated carbocycles. The smallest absolute Gasteiger partial charge is 0.338 e. The Hall–Kier alpha value is -2.61. The molecule has 1 aromatic heterocycles. The number of tetrazole rings is 1. The van der Waals surface area contributed by atoms with Gasteiger partial charge in [-0.05, 0) is 90.4 Å². The first-order chi connectivity index (χ1) is 20.0. The molecule has 2 aromatic carbocycles. The number of H-pyrrole nitrogens is 1. The molecule has 220 valence electrons. The number of nitrogens with zero attached hydrogens (tertiary/aromatic N) is 5. The van der Waals surface area contributed by atoms with Gasteiger partial charge in [-0.2, -0.15) is 0 Å². The molecule has 0 bridgehead atoms. The van der Waals surface area contributed by atoms with Gasteiger partial charge in [-0.3, -0.25) is 0 Å². The average Bonchev–Trinajstić information content (AvgIpc) is 3.61. The van der Waals surface area contributed by atoms with E-state index in [9.17, 15) is 5.11 Å². The topological polar surface area (TPSA) is 72.2 Å². The standard InChI is InChI=1S/C34H48N6O/c1-38-36-33(35-37-38)30-16-14-27(15-17-30)11-8-18-34(41)19-21-39(22-20-34)24-31-25-40(23-28-9-4-2-5-10-28)26-32(31)29-12-6-3-7-13-29/h3,6-7,12-17,28,31-32,41H,2,4-5,8-11,18-26H2,1H3/p+1/t31-,32+/m0/s1. The number of aryl methyl sites for hydroxylation is 2. The number of hydrogen-bond acceptors (Lipinski definition) is 5. The molecule has 3 heterocycles. The van der Waals surface area contributed by atoms with Crippen molar-refractivity contribution in [1.29, 1.82) is 0 Å². The predicted molar refractivity (Wildman–Crippen MR) is 162 cm³/mol. The van der Waals surface area contributed by atoms with Gasteiger partial charge < -0.3 is 14.9 Å². The molecule has 1 aliphatic carbocycles. The van der Waals surface area contributed by atoms with Crippen LogP contribution in [-0.4, -0.2) is 75.2 Å². The van der Waals surface area contributed by atoms with Crippen LogP contribution < -0.4 is 4.80 Å². The van der Waals surface area contributed by atoms with Crippen molar-refractivity contribution in [1.82, 2.24) is 25.2 Å². The van der Waals surface area contributed by atoms with E-state index >= 15 is 0 Å². The van der Waals surface area contributed by atoms with Crippen molar-refractivity contribution in [2.45, 2.75) is 75.7 Å². The van der Waals surface area contributed by atoms with Gasteiger partial charge in [0.15, 0.2) is 0 Å². The highest BCUT2D eigenvalue weighted by molar-refractivity contribution is 5.53. The van der Waals surface area contributed by atoms with E-state index in [-0.39, 0.29) is 0 Å². The molecule has 7 heteroatoms. The average molecular weight is 558 g/mol. The summed E-state index contributed by atoms with van der Waals surface area (Å²) in [4.78, 5) is 7.05. The molecule has 3 aromatic rings. The van der Waals surface area contributed by atoms with Crippen LogP contribution in [0.25, 0.3) is 11.4 Å². The Morgan fingerprint density at radius 1 is 0.927 bits per heavy atom. The van der Waals surface area contributed by atoms with Crippen molar-refractivity contribution in [3.05, 3.63) is 65.7 Å². The number of benzene rings is 2. The van der Waals surface area contributed by atoms with Gasteiger partial charge in [0.25, 0.3) is 0 Å². The molecule has 2 atom stereocenters. The van der Waals surface area contributed by atoms with Gasteiger partial charge in [-0.1, -0.05) is 66.5 Å². The molecule has 0 spiro atoms. The fraction of sp³-hybridized carbons (Fsp3) is 0.618. The minimum absolute atomic E-state index is 0.522. The van der Waals surface area contributed by atoms with Crippen LogP contribution in [0.2, 0.25) is 0 Å². The Morgan fingerprint density at radius 2 is 1.68 bits per heavy atom. The van der Waals surface area contributed by atoms with Gasteiger partial charge in [0.1, 0.15) is 7.05 Å². The third kappa shape index (κ3) is 7.43. The zero-order chi connectivity index (χ0) is 28.1. The number of aromatic amines is 1. The van der Waals surface area contributed by atoms with Crippen LogP contribution >= 0.6 is 0 Å². The van der Waals surface area contributed by atoms with Gasteiger partial charge in [0.05, 0.1) is 16.3 Å². The number of likely N-dealkylation sites (tertiary alicyclic amines) is 2. The normalized spacial score (nSPS) is 24.1. The van der Waals surface area contributed by atoms with Crippen LogP contribution in [0.3, 0.4) is 0 Å². The number of aliphatic hydroxyl groups is 1. The lowest BCUT2D eigenvalue weighted by molar-refractivity contribution is -0.783. The Balaban J connectivity index is 0.980. The fourth-order valence-electron chi connectivity index (χ4n) is 7.71. The van der Waals surface area contributed by atoms with Crippen LogP contribution in [0.5, 0.6) is 0 Å². The maximum absolute atomic E-state index is 11.4. The summed E-state index contributed by atoms with van der Waals surface area (Å²) in [6, 6.07) is 19.8. The molecule has 3 aliphatic rings. The van der Waals surface area contributed by atoms with E-state index in [1.54, 1.807) is 4.80 Å². The number of nitrogens with one attached hydrogen (secondary N) is 1. The minimum Gasteiger partial charge on any atom is -0.390 e. The lowest BCUT2D eigenvalue weighted by atomic mass is 9.84. The van der Waals surface area contributed by atoms with Crippen LogP contribution in [0.4, 0.5) is 0 Å². The number of hydrogen-bond donors (Lipinski definition) is 2. The molecule has 2 N–H and O–H groups in total. The lowest BCUT2D eigenvalue weighted by Crippen LogP contribution is -2.46. The highest BCUT2D eigenvalue weighted by Gasteiger charge is 2.38. The van der Waals surface area contributed by atoms with Crippen molar-refractivity contribution in [3.63, 3.8) is 0 Å². The predicted octanol–water partition coefficient (Wildman–Crippen LogP) is 4.74. The van der Waals surface area contributed by atoms with Crippen molar-refractivity contribution in [3.8, 4) is 11.4 Å². The second-order valence-electron chi connectivity index (χ2n) is 13.2. The van der Waals surface area contributed by atoms with E-state index in [0.29, 0.717) is 17.7 Å². The molecular weight excluding hydrogens is 508 g/mol. The van der Waals surface area contributed by atoms with Crippen molar-refractivity contribution < 1.29 is 9.90 Å². The van der Waals surface area contributed by atoms with E-state index in [1.807, 2.05) is 7.05 Å². The Kier molecular flexibility index (Phi) is 9.13. The number of piperidine rings is 1. The summed E-state index contributed by atoms with van der Waals surface area (Å²) in [5.41, 5.74) is 3.32. The van der Waals surface area contributed by atoms with Gasteiger partial charge >= 0.3 is 5.82 Å². The molecule has 41 heavy (non-hydrogen) atoms. The summed E-state index contributed by atoms with van der Waals surface area (Å²) >= 11 is 0. The third-order valence-electron chi connectivity index (χ3n) is 10.1. The fourth-order valence-corrected chi connectivity index (χ4v) is 7.71. The first-order valence-electron chi connectivity index (χ1n) is 16.1. The first kappa shape index (κ1) is 28.5. The Bertz CT molecular complexity index is 1210. The van der Waals surface area contributed by atoms with Crippen LogP contribution in [0.1, 0.15) is 74.8 Å². The summed E-state index contributed by atoms with van der Waals surface area (Å²) in [7, 11) is 1.84. The summed E-state index contributed by atoms with van der Waals surface area (Å²) < 4.78 is 0. The van der Waals surface area contributed by atoms with Gasteiger partial charge in [0, 0.05) is 45.2 Å². The van der Waals surface area contributed by atoms with Gasteiger partial charge in [-0.25, -0.2) is 0 Å². The summed E-state index contributed by atoms with van der Waals surface area (Å²) in [5, 5.41) is 22.8. The summed E-state index contributed by atoms with van der Waals surface area (Å²) in [6.45, 7) is 6.91. The molecule has 2 aliphatic heterocycles. The van der Waals surface area contributed by atoms with Crippen molar-refractivity contribution >= 4 is 0 Å². The van der Waals surface area contributed by atoms with E-state index in [2.05, 4.69) is 79.8 Å². The molecule has 6 rings (SSSR count). The highest BCUT2D eigenvalue weighted by atomic mass is 16.3.